The molecule has 0 aliphatic heterocycles. The lowest BCUT2D eigenvalue weighted by Gasteiger charge is -2.37. The standard InChI is InChI=1S/C13H26FNO/c1-5-12(14)16-15-11-8-6-10(7-9-11)13(2,3)4/h10-12,15H,5-9H2,1-4H3. The van der Waals surface area contributed by atoms with Crippen LogP contribution in [0.4, 0.5) is 4.39 Å². The average Bonchev–Trinajstić information content (AvgIpc) is 2.25. The fraction of sp³-hybridized carbons (Fsp3) is 1.00. The summed E-state index contributed by atoms with van der Waals surface area (Å²) in [5, 5.41) is 0. The predicted molar refractivity (Wildman–Crippen MR) is 64.6 cm³/mol. The lowest BCUT2D eigenvalue weighted by molar-refractivity contribution is -0.117. The van der Waals surface area contributed by atoms with E-state index in [0.717, 1.165) is 18.8 Å². The van der Waals surface area contributed by atoms with Gasteiger partial charge in [0, 0.05) is 12.5 Å². The van der Waals surface area contributed by atoms with Gasteiger partial charge in [-0.3, -0.25) is 4.84 Å². The van der Waals surface area contributed by atoms with Gasteiger partial charge >= 0.3 is 0 Å². The fourth-order valence-electron chi connectivity index (χ4n) is 2.33. The molecule has 1 fully saturated rings. The van der Waals surface area contributed by atoms with E-state index >= 15 is 0 Å². The first-order valence-corrected chi connectivity index (χ1v) is 6.48. The van der Waals surface area contributed by atoms with Crippen LogP contribution in [0.25, 0.3) is 0 Å². The molecule has 1 N–H and O–H groups in total. The van der Waals surface area contributed by atoms with Crippen LogP contribution in [0.5, 0.6) is 0 Å². The Kier molecular flexibility index (Phi) is 5.19. The zero-order valence-corrected chi connectivity index (χ0v) is 11.1. The zero-order chi connectivity index (χ0) is 12.2. The van der Waals surface area contributed by atoms with Gasteiger partial charge in [-0.05, 0) is 37.0 Å². The number of hydrogen-bond donors (Lipinski definition) is 1. The van der Waals surface area contributed by atoms with Crippen LogP contribution in [-0.4, -0.2) is 12.4 Å². The number of rotatable bonds is 4. The topological polar surface area (TPSA) is 21.3 Å². The van der Waals surface area contributed by atoms with Gasteiger partial charge in [-0.2, -0.15) is 5.48 Å². The summed E-state index contributed by atoms with van der Waals surface area (Å²) >= 11 is 0. The molecule has 0 aromatic rings. The van der Waals surface area contributed by atoms with Crippen molar-refractivity contribution in [1.82, 2.24) is 5.48 Å². The third-order valence-electron chi connectivity index (χ3n) is 3.64. The predicted octanol–water partition coefficient (Wildman–Crippen LogP) is 3.82. The molecule has 0 aromatic heterocycles. The summed E-state index contributed by atoms with van der Waals surface area (Å²) in [5.41, 5.74) is 3.27. The Hall–Kier alpha value is -0.150. The number of halogens is 1. The number of alkyl halides is 1. The molecule has 1 saturated carbocycles. The van der Waals surface area contributed by atoms with Crippen molar-refractivity contribution in [3.05, 3.63) is 0 Å². The SMILES string of the molecule is CCC(F)ONC1CCC(C(C)(C)C)CC1. The highest BCUT2D eigenvalue weighted by Crippen LogP contribution is 2.37. The number of nitrogens with one attached hydrogen (secondary N) is 1. The van der Waals surface area contributed by atoms with Crippen molar-refractivity contribution in [3.8, 4) is 0 Å². The molecule has 0 heterocycles. The third-order valence-corrected chi connectivity index (χ3v) is 3.64. The van der Waals surface area contributed by atoms with Crippen molar-refractivity contribution in [2.75, 3.05) is 0 Å². The number of hydroxylamine groups is 1. The molecule has 2 nitrogen and oxygen atoms in total. The van der Waals surface area contributed by atoms with Crippen molar-refractivity contribution in [2.45, 2.75) is 72.2 Å². The Morgan fingerprint density at radius 3 is 2.25 bits per heavy atom. The first-order chi connectivity index (χ1) is 7.43. The van der Waals surface area contributed by atoms with Crippen LogP contribution in [0.1, 0.15) is 59.8 Å². The van der Waals surface area contributed by atoms with E-state index in [1.165, 1.54) is 12.8 Å². The highest BCUT2D eigenvalue weighted by molar-refractivity contribution is 4.82. The normalized spacial score (nSPS) is 29.1. The summed E-state index contributed by atoms with van der Waals surface area (Å²) in [6.07, 6.45) is 3.86. The minimum absolute atomic E-state index is 0.336. The Morgan fingerprint density at radius 1 is 1.25 bits per heavy atom. The van der Waals surface area contributed by atoms with Gasteiger partial charge < -0.3 is 0 Å². The second kappa shape index (κ2) is 5.97. The third kappa shape index (κ3) is 4.38. The van der Waals surface area contributed by atoms with E-state index in [1.54, 1.807) is 6.92 Å². The van der Waals surface area contributed by atoms with E-state index in [1.807, 2.05) is 0 Å². The van der Waals surface area contributed by atoms with E-state index < -0.39 is 6.36 Å². The Balaban J connectivity index is 2.22. The molecule has 0 amide bonds. The molecule has 0 saturated heterocycles. The molecule has 0 radical (unpaired) electrons. The van der Waals surface area contributed by atoms with Gasteiger partial charge in [-0.1, -0.05) is 27.7 Å². The van der Waals surface area contributed by atoms with Crippen LogP contribution in [0.15, 0.2) is 0 Å². The minimum Gasteiger partial charge on any atom is -0.264 e. The summed E-state index contributed by atoms with van der Waals surface area (Å²) in [4.78, 5) is 4.93. The van der Waals surface area contributed by atoms with Gasteiger partial charge in [0.05, 0.1) is 0 Å². The Bertz CT molecular complexity index is 195. The molecule has 0 aromatic carbocycles. The van der Waals surface area contributed by atoms with E-state index in [2.05, 4.69) is 26.3 Å². The van der Waals surface area contributed by atoms with Crippen molar-refractivity contribution < 1.29 is 9.23 Å². The Morgan fingerprint density at radius 2 is 1.81 bits per heavy atom. The van der Waals surface area contributed by atoms with Crippen LogP contribution in [0, 0.1) is 11.3 Å². The van der Waals surface area contributed by atoms with Crippen LogP contribution >= 0.6 is 0 Å². The Labute approximate surface area is 98.9 Å². The quantitative estimate of drug-likeness (QED) is 0.743. The van der Waals surface area contributed by atoms with E-state index in [0.29, 0.717) is 17.9 Å². The smallest absolute Gasteiger partial charge is 0.217 e. The highest BCUT2D eigenvalue weighted by Gasteiger charge is 2.29. The van der Waals surface area contributed by atoms with Crippen LogP contribution in [0.2, 0.25) is 0 Å². The van der Waals surface area contributed by atoms with Crippen LogP contribution in [-0.2, 0) is 4.84 Å². The molecule has 1 atom stereocenters. The zero-order valence-electron chi connectivity index (χ0n) is 11.1. The van der Waals surface area contributed by atoms with E-state index in [9.17, 15) is 4.39 Å². The summed E-state index contributed by atoms with van der Waals surface area (Å²) in [5.74, 6) is 0.790. The van der Waals surface area contributed by atoms with Crippen molar-refractivity contribution in [2.24, 2.45) is 11.3 Å². The monoisotopic (exact) mass is 231 g/mol. The maximum absolute atomic E-state index is 12.9. The average molecular weight is 231 g/mol. The van der Waals surface area contributed by atoms with E-state index in [4.69, 9.17) is 4.84 Å². The van der Waals surface area contributed by atoms with Crippen molar-refractivity contribution in [1.29, 1.82) is 0 Å². The molecule has 3 heteroatoms. The van der Waals surface area contributed by atoms with Gasteiger partial charge in [-0.15, -0.1) is 0 Å². The molecular weight excluding hydrogens is 205 g/mol. The second-order valence-electron chi connectivity index (χ2n) is 5.97. The number of hydrogen-bond acceptors (Lipinski definition) is 2. The lowest BCUT2D eigenvalue weighted by Crippen LogP contribution is -2.37. The molecule has 1 aliphatic carbocycles. The van der Waals surface area contributed by atoms with Gasteiger partial charge in [0.1, 0.15) is 0 Å². The summed E-state index contributed by atoms with van der Waals surface area (Å²) in [7, 11) is 0. The maximum Gasteiger partial charge on any atom is 0.217 e. The summed E-state index contributed by atoms with van der Waals surface area (Å²) in [6, 6.07) is 0.336. The minimum atomic E-state index is -1.17. The molecule has 16 heavy (non-hydrogen) atoms. The largest absolute Gasteiger partial charge is 0.264 e. The fourth-order valence-corrected chi connectivity index (χ4v) is 2.33. The van der Waals surface area contributed by atoms with Gasteiger partial charge in [0.2, 0.25) is 6.36 Å². The molecule has 1 aliphatic rings. The molecular formula is C13H26FNO. The first-order valence-electron chi connectivity index (χ1n) is 6.48. The van der Waals surface area contributed by atoms with Crippen molar-refractivity contribution >= 4 is 0 Å². The lowest BCUT2D eigenvalue weighted by atomic mass is 9.71. The molecule has 1 unspecified atom stereocenters. The molecule has 0 bridgehead atoms. The van der Waals surface area contributed by atoms with E-state index in [-0.39, 0.29) is 0 Å². The summed E-state index contributed by atoms with van der Waals surface area (Å²) in [6.45, 7) is 8.69. The molecule has 96 valence electrons. The summed E-state index contributed by atoms with van der Waals surface area (Å²) < 4.78 is 12.9. The first kappa shape index (κ1) is 13.9. The maximum atomic E-state index is 12.9. The highest BCUT2D eigenvalue weighted by atomic mass is 19.1. The molecule has 0 spiro atoms. The van der Waals surface area contributed by atoms with Gasteiger partial charge in [0.15, 0.2) is 0 Å². The van der Waals surface area contributed by atoms with Crippen LogP contribution < -0.4 is 5.48 Å². The van der Waals surface area contributed by atoms with Gasteiger partial charge in [0.25, 0.3) is 0 Å². The van der Waals surface area contributed by atoms with Crippen molar-refractivity contribution in [3.63, 3.8) is 0 Å². The second-order valence-corrected chi connectivity index (χ2v) is 5.97. The molecule has 1 rings (SSSR count). The van der Waals surface area contributed by atoms with Crippen LogP contribution in [0.3, 0.4) is 0 Å². The van der Waals surface area contributed by atoms with Gasteiger partial charge in [-0.25, -0.2) is 4.39 Å².